The molecule has 3 aliphatic rings. The minimum atomic E-state index is 0.220. The second-order valence-corrected chi connectivity index (χ2v) is 7.62. The Morgan fingerprint density at radius 1 is 1.30 bits per heavy atom. The molecule has 23 heavy (non-hydrogen) atoms. The zero-order valence-electron chi connectivity index (χ0n) is 14.4. The molecule has 2 aliphatic heterocycles. The van der Waals surface area contributed by atoms with Crippen molar-refractivity contribution in [2.45, 2.75) is 45.1 Å². The van der Waals surface area contributed by atoms with Crippen LogP contribution in [0.15, 0.2) is 4.99 Å². The van der Waals surface area contributed by atoms with Crippen molar-refractivity contribution in [2.24, 2.45) is 16.3 Å². The summed E-state index contributed by atoms with van der Waals surface area (Å²) >= 11 is 0. The highest BCUT2D eigenvalue weighted by atomic mass is 16.5. The SMILES string of the molecule is CN=C(NCC1(C)COC1)NC1CCN(C(=O)C2CCCC2)C1. The van der Waals surface area contributed by atoms with Crippen LogP contribution in [-0.4, -0.2) is 62.7 Å². The van der Waals surface area contributed by atoms with E-state index in [9.17, 15) is 4.79 Å². The molecule has 2 saturated heterocycles. The number of carbonyl (C=O) groups excluding carboxylic acids is 1. The predicted octanol–water partition coefficient (Wildman–Crippen LogP) is 0.979. The Balaban J connectivity index is 1.43. The van der Waals surface area contributed by atoms with E-state index in [0.29, 0.717) is 11.9 Å². The minimum Gasteiger partial charge on any atom is -0.380 e. The van der Waals surface area contributed by atoms with Gasteiger partial charge in [-0.2, -0.15) is 0 Å². The molecule has 130 valence electrons. The summed E-state index contributed by atoms with van der Waals surface area (Å²) < 4.78 is 5.28. The highest BCUT2D eigenvalue weighted by Crippen LogP contribution is 2.28. The molecule has 0 spiro atoms. The third-order valence-electron chi connectivity index (χ3n) is 5.35. The van der Waals surface area contributed by atoms with Gasteiger partial charge in [0.25, 0.3) is 0 Å². The number of ether oxygens (including phenoxy) is 1. The van der Waals surface area contributed by atoms with Gasteiger partial charge in [-0.1, -0.05) is 19.8 Å². The van der Waals surface area contributed by atoms with Crippen molar-refractivity contribution in [2.75, 3.05) is 39.9 Å². The van der Waals surface area contributed by atoms with Crippen molar-refractivity contribution in [3.05, 3.63) is 0 Å². The molecule has 0 aromatic heterocycles. The van der Waals surface area contributed by atoms with Crippen LogP contribution in [0.5, 0.6) is 0 Å². The number of aliphatic imine (C=N–C) groups is 1. The molecule has 1 unspecified atom stereocenters. The maximum absolute atomic E-state index is 12.5. The van der Waals surface area contributed by atoms with Gasteiger partial charge in [0, 0.05) is 44.1 Å². The highest BCUT2D eigenvalue weighted by Gasteiger charge is 2.34. The molecular weight excluding hydrogens is 292 g/mol. The van der Waals surface area contributed by atoms with Gasteiger partial charge in [0.15, 0.2) is 5.96 Å². The van der Waals surface area contributed by atoms with Gasteiger partial charge in [0.1, 0.15) is 0 Å². The third kappa shape index (κ3) is 3.97. The number of guanidine groups is 1. The van der Waals surface area contributed by atoms with E-state index in [2.05, 4.69) is 22.5 Å². The van der Waals surface area contributed by atoms with Gasteiger partial charge >= 0.3 is 0 Å². The number of amides is 1. The molecular formula is C17H30N4O2. The van der Waals surface area contributed by atoms with E-state index in [-0.39, 0.29) is 11.3 Å². The molecule has 3 rings (SSSR count). The van der Waals surface area contributed by atoms with E-state index in [1.165, 1.54) is 12.8 Å². The van der Waals surface area contributed by atoms with Crippen LogP contribution >= 0.6 is 0 Å². The van der Waals surface area contributed by atoms with Crippen LogP contribution in [0.1, 0.15) is 39.0 Å². The largest absolute Gasteiger partial charge is 0.380 e. The smallest absolute Gasteiger partial charge is 0.225 e. The Labute approximate surface area is 139 Å². The first-order valence-corrected chi connectivity index (χ1v) is 8.93. The maximum atomic E-state index is 12.5. The van der Waals surface area contributed by atoms with E-state index in [4.69, 9.17) is 4.74 Å². The van der Waals surface area contributed by atoms with Crippen molar-refractivity contribution in [1.29, 1.82) is 0 Å². The van der Waals surface area contributed by atoms with Gasteiger partial charge in [-0.05, 0) is 19.3 Å². The molecule has 1 saturated carbocycles. The molecule has 3 fully saturated rings. The number of hydrogen-bond donors (Lipinski definition) is 2. The summed E-state index contributed by atoms with van der Waals surface area (Å²) in [5.74, 6) is 1.48. The second kappa shape index (κ2) is 7.07. The van der Waals surface area contributed by atoms with Crippen molar-refractivity contribution in [1.82, 2.24) is 15.5 Å². The zero-order valence-corrected chi connectivity index (χ0v) is 14.4. The van der Waals surface area contributed by atoms with Crippen LogP contribution in [0.2, 0.25) is 0 Å². The Morgan fingerprint density at radius 3 is 2.65 bits per heavy atom. The predicted molar refractivity (Wildman–Crippen MR) is 90.4 cm³/mol. The van der Waals surface area contributed by atoms with Gasteiger partial charge < -0.3 is 20.3 Å². The monoisotopic (exact) mass is 322 g/mol. The summed E-state index contributed by atoms with van der Waals surface area (Å²) in [4.78, 5) is 18.8. The quantitative estimate of drug-likeness (QED) is 0.598. The van der Waals surface area contributed by atoms with Gasteiger partial charge in [-0.3, -0.25) is 9.79 Å². The lowest BCUT2D eigenvalue weighted by Crippen LogP contribution is -2.52. The number of likely N-dealkylation sites (tertiary alicyclic amines) is 1. The van der Waals surface area contributed by atoms with E-state index in [1.807, 2.05) is 4.90 Å². The van der Waals surface area contributed by atoms with Crippen LogP contribution < -0.4 is 10.6 Å². The summed E-state index contributed by atoms with van der Waals surface area (Å²) in [7, 11) is 1.80. The lowest BCUT2D eigenvalue weighted by atomic mass is 9.89. The van der Waals surface area contributed by atoms with E-state index in [1.54, 1.807) is 7.05 Å². The molecule has 1 amide bonds. The third-order valence-corrected chi connectivity index (χ3v) is 5.35. The Bertz CT molecular complexity index is 456. The van der Waals surface area contributed by atoms with Crippen molar-refractivity contribution >= 4 is 11.9 Å². The Morgan fingerprint density at radius 2 is 2.04 bits per heavy atom. The lowest BCUT2D eigenvalue weighted by molar-refractivity contribution is -0.134. The zero-order chi connectivity index (χ0) is 16.3. The average molecular weight is 322 g/mol. The maximum Gasteiger partial charge on any atom is 0.225 e. The first-order chi connectivity index (χ1) is 11.1. The summed E-state index contributed by atoms with van der Waals surface area (Å²) in [6, 6.07) is 0.303. The molecule has 1 aliphatic carbocycles. The van der Waals surface area contributed by atoms with E-state index in [0.717, 1.165) is 58.1 Å². The van der Waals surface area contributed by atoms with Crippen molar-refractivity contribution in [3.8, 4) is 0 Å². The number of carbonyl (C=O) groups is 1. The molecule has 0 aromatic rings. The Kier molecular flexibility index (Phi) is 5.09. The van der Waals surface area contributed by atoms with Gasteiger partial charge in [-0.25, -0.2) is 0 Å². The van der Waals surface area contributed by atoms with E-state index < -0.39 is 0 Å². The molecule has 2 heterocycles. The number of hydrogen-bond acceptors (Lipinski definition) is 3. The topological polar surface area (TPSA) is 66.0 Å². The highest BCUT2D eigenvalue weighted by molar-refractivity contribution is 5.81. The molecule has 1 atom stereocenters. The summed E-state index contributed by atoms with van der Waals surface area (Å²) in [5.41, 5.74) is 0.220. The fourth-order valence-corrected chi connectivity index (χ4v) is 3.75. The summed E-state index contributed by atoms with van der Waals surface area (Å²) in [6.45, 7) is 6.37. The van der Waals surface area contributed by atoms with Crippen LogP contribution in [0.4, 0.5) is 0 Å². The number of rotatable bonds is 4. The van der Waals surface area contributed by atoms with Crippen LogP contribution in [0.3, 0.4) is 0 Å². The Hall–Kier alpha value is -1.30. The van der Waals surface area contributed by atoms with Crippen molar-refractivity contribution < 1.29 is 9.53 Å². The molecule has 6 heteroatoms. The number of nitrogens with zero attached hydrogens (tertiary/aromatic N) is 2. The van der Waals surface area contributed by atoms with Gasteiger partial charge in [0.05, 0.1) is 13.2 Å². The lowest BCUT2D eigenvalue weighted by Gasteiger charge is -2.38. The molecule has 0 bridgehead atoms. The normalized spacial score (nSPS) is 27.8. The molecule has 0 aromatic carbocycles. The van der Waals surface area contributed by atoms with Gasteiger partial charge in [-0.15, -0.1) is 0 Å². The number of nitrogens with one attached hydrogen (secondary N) is 2. The standard InChI is InChI=1S/C17H30N4O2/c1-17(11-23-12-17)10-19-16(18-2)20-14-7-8-21(9-14)15(22)13-5-3-4-6-13/h13-14H,3-12H2,1-2H3,(H2,18,19,20). The first-order valence-electron chi connectivity index (χ1n) is 8.93. The summed E-state index contributed by atoms with van der Waals surface area (Å²) in [5, 5.41) is 6.86. The van der Waals surface area contributed by atoms with Gasteiger partial charge in [0.2, 0.25) is 5.91 Å². The van der Waals surface area contributed by atoms with Crippen LogP contribution in [0.25, 0.3) is 0 Å². The van der Waals surface area contributed by atoms with E-state index >= 15 is 0 Å². The fraction of sp³-hybridized carbons (Fsp3) is 0.882. The average Bonchev–Trinajstić information content (AvgIpc) is 3.20. The first kappa shape index (κ1) is 16.6. The van der Waals surface area contributed by atoms with Crippen molar-refractivity contribution in [3.63, 3.8) is 0 Å². The minimum absolute atomic E-state index is 0.220. The van der Waals surface area contributed by atoms with Crippen LogP contribution in [-0.2, 0) is 9.53 Å². The van der Waals surface area contributed by atoms with Crippen LogP contribution in [0, 0.1) is 11.3 Å². The molecule has 0 radical (unpaired) electrons. The second-order valence-electron chi connectivity index (χ2n) is 7.62. The fourth-order valence-electron chi connectivity index (χ4n) is 3.75. The summed E-state index contributed by atoms with van der Waals surface area (Å²) in [6.07, 6.45) is 5.59. The molecule has 6 nitrogen and oxygen atoms in total. The molecule has 2 N–H and O–H groups in total.